The SMILES string of the molecule is CCCCOCCOc1ccc(-c2ccc3c(c2)C=C(C(=O)Nc2ccc([S@@](=O)Cc4cncn4CCC)cc2)CCN3CC(C)C)cc1.Nc1ccn([C@@H]2CS[C@H](CO)O2)c(=O)n1. The Kier molecular flexibility index (Phi) is 18.2. The Morgan fingerprint density at radius 1 is 1.03 bits per heavy atom. The van der Waals surface area contributed by atoms with E-state index in [-0.39, 0.29) is 30.0 Å². The van der Waals surface area contributed by atoms with Crippen molar-refractivity contribution in [3.63, 3.8) is 0 Å². The maximum atomic E-state index is 13.7. The number of carbonyl (C=O) groups is 1. The topological polar surface area (TPSA) is 176 Å². The Morgan fingerprint density at radius 3 is 2.52 bits per heavy atom. The van der Waals surface area contributed by atoms with Gasteiger partial charge >= 0.3 is 5.69 Å². The van der Waals surface area contributed by atoms with Gasteiger partial charge in [-0.15, -0.1) is 11.8 Å². The molecule has 0 aliphatic carbocycles. The van der Waals surface area contributed by atoms with Crippen molar-refractivity contribution in [2.45, 2.75) is 82.2 Å². The third-order valence-corrected chi connectivity index (χ3v) is 13.0. The van der Waals surface area contributed by atoms with Gasteiger partial charge in [0.25, 0.3) is 5.91 Å². The number of thioether (sulfide) groups is 1. The van der Waals surface area contributed by atoms with E-state index < -0.39 is 16.5 Å². The second-order valence-corrected chi connectivity index (χ2v) is 18.6. The van der Waals surface area contributed by atoms with Crippen LogP contribution in [-0.4, -0.2) is 85.0 Å². The summed E-state index contributed by atoms with van der Waals surface area (Å²) in [6.45, 7) is 13.0. The molecule has 4 N–H and O–H groups in total. The van der Waals surface area contributed by atoms with Gasteiger partial charge in [0.15, 0.2) is 0 Å². The standard InChI is InChI=1S/C40H50N4O4S.C8H11N3O3S/c1-5-7-21-47-22-23-48-37-13-8-31(9-14-37)32-10-17-39-34(24-32)25-33(18-20-43(39)27-30(3)4)40(45)42-35-11-15-38(16-12-35)49(46)28-36-26-41-29-44(36)19-6-2;9-5-1-2-11(8(13)10-5)6-4-15-7(3-12)14-6/h8-17,24-26,29-30H,5-7,18-23,27-28H2,1-4H3,(H,42,45);1-2,6-7,12H,3-4H2,(H2,9,10,13)/t49-;6-,7+/m00/s1. The highest BCUT2D eigenvalue weighted by molar-refractivity contribution is 8.00. The number of benzene rings is 3. The lowest BCUT2D eigenvalue weighted by Crippen LogP contribution is -2.29. The summed E-state index contributed by atoms with van der Waals surface area (Å²) in [5, 5.41) is 12.0. The molecule has 64 heavy (non-hydrogen) atoms. The number of aliphatic hydroxyl groups is 1. The van der Waals surface area contributed by atoms with Gasteiger partial charge < -0.3 is 39.8 Å². The van der Waals surface area contributed by atoms with Crippen LogP contribution in [0, 0.1) is 5.92 Å². The predicted octanol–water partition coefficient (Wildman–Crippen LogP) is 7.76. The number of carbonyl (C=O) groups excluding carboxylic acids is 1. The molecule has 342 valence electrons. The van der Waals surface area contributed by atoms with Gasteiger partial charge in [-0.1, -0.05) is 52.3 Å². The number of hydrogen-bond acceptors (Lipinski definition) is 12. The number of aromatic nitrogens is 4. The van der Waals surface area contributed by atoms with Gasteiger partial charge in [-0.3, -0.25) is 13.6 Å². The summed E-state index contributed by atoms with van der Waals surface area (Å²) in [7, 11) is -1.21. The second kappa shape index (κ2) is 24.1. The predicted molar refractivity (Wildman–Crippen MR) is 257 cm³/mol. The van der Waals surface area contributed by atoms with Gasteiger partial charge in [-0.25, -0.2) is 9.78 Å². The molecule has 16 heteroatoms. The molecule has 2 aliphatic heterocycles. The Labute approximate surface area is 382 Å². The first-order chi connectivity index (χ1) is 31.0. The molecule has 1 saturated heterocycles. The fourth-order valence-electron chi connectivity index (χ4n) is 7.25. The van der Waals surface area contributed by atoms with Crippen molar-refractivity contribution in [3.8, 4) is 16.9 Å². The summed E-state index contributed by atoms with van der Waals surface area (Å²) in [6.07, 6.45) is 10.6. The Balaban J connectivity index is 0.000000380. The number of nitrogens with zero attached hydrogens (tertiary/aromatic N) is 5. The fraction of sp³-hybridized carbons (Fsp3) is 0.417. The zero-order valence-electron chi connectivity index (χ0n) is 37.2. The number of ether oxygens (including phenoxy) is 3. The smallest absolute Gasteiger partial charge is 0.351 e. The number of amides is 1. The third-order valence-electron chi connectivity index (χ3n) is 10.5. The summed E-state index contributed by atoms with van der Waals surface area (Å²) in [5.74, 6) is 2.39. The highest BCUT2D eigenvalue weighted by Gasteiger charge is 2.27. The van der Waals surface area contributed by atoms with Gasteiger partial charge in [0.2, 0.25) is 0 Å². The van der Waals surface area contributed by atoms with Crippen LogP contribution in [0.15, 0.2) is 107 Å². The first-order valence-corrected chi connectivity index (χ1v) is 24.3. The molecule has 0 bridgehead atoms. The quantitative estimate of drug-likeness (QED) is 0.0688. The zero-order chi connectivity index (χ0) is 45.4. The number of fused-ring (bicyclic) bond motifs is 1. The van der Waals surface area contributed by atoms with Crippen LogP contribution in [-0.2, 0) is 37.4 Å². The molecule has 4 heterocycles. The molecular weight excluding hydrogens is 851 g/mol. The van der Waals surface area contributed by atoms with Crippen molar-refractivity contribution in [1.29, 1.82) is 0 Å². The van der Waals surface area contributed by atoms with Crippen molar-refractivity contribution < 1.29 is 28.3 Å². The molecule has 2 aromatic heterocycles. The molecule has 5 aromatic rings. The molecule has 7 rings (SSSR count). The number of aliphatic hydroxyl groups excluding tert-OH is 1. The maximum Gasteiger partial charge on any atom is 0.351 e. The minimum absolute atomic E-state index is 0.0572. The van der Waals surface area contributed by atoms with Gasteiger partial charge in [-0.05, 0) is 103 Å². The number of hydrogen-bond donors (Lipinski definition) is 3. The molecule has 1 fully saturated rings. The lowest BCUT2D eigenvalue weighted by molar-refractivity contribution is -0.112. The molecule has 0 saturated carbocycles. The first kappa shape index (κ1) is 48.2. The Bertz CT molecular complexity index is 2390. The van der Waals surface area contributed by atoms with E-state index in [9.17, 15) is 13.8 Å². The van der Waals surface area contributed by atoms with E-state index in [2.05, 4.69) is 82.8 Å². The minimum Gasteiger partial charge on any atom is -0.491 e. The monoisotopic (exact) mass is 911 g/mol. The molecule has 14 nitrogen and oxygen atoms in total. The van der Waals surface area contributed by atoms with Crippen LogP contribution >= 0.6 is 11.8 Å². The van der Waals surface area contributed by atoms with Crippen molar-refractivity contribution in [2.75, 3.05) is 61.2 Å². The van der Waals surface area contributed by atoms with Gasteiger partial charge in [0, 0.05) is 66.2 Å². The number of unbranched alkanes of at least 4 members (excludes halogenated alkanes) is 1. The molecule has 2 aliphatic rings. The molecule has 1 amide bonds. The third kappa shape index (κ3) is 13.6. The lowest BCUT2D eigenvalue weighted by atomic mass is 10.00. The van der Waals surface area contributed by atoms with E-state index in [0.717, 1.165) is 89.8 Å². The highest BCUT2D eigenvalue weighted by atomic mass is 32.2. The molecule has 0 spiro atoms. The van der Waals surface area contributed by atoms with Gasteiger partial charge in [0.1, 0.15) is 29.8 Å². The zero-order valence-corrected chi connectivity index (χ0v) is 38.8. The number of rotatable bonds is 19. The van der Waals surface area contributed by atoms with E-state index in [4.69, 9.17) is 25.1 Å². The van der Waals surface area contributed by atoms with Crippen LogP contribution in [0.25, 0.3) is 17.2 Å². The van der Waals surface area contributed by atoms with Crippen molar-refractivity contribution in [3.05, 3.63) is 119 Å². The molecule has 0 unspecified atom stereocenters. The molecule has 0 radical (unpaired) electrons. The van der Waals surface area contributed by atoms with Crippen molar-refractivity contribution in [1.82, 2.24) is 19.1 Å². The Morgan fingerprint density at radius 2 is 1.81 bits per heavy atom. The number of anilines is 3. The van der Waals surface area contributed by atoms with E-state index in [1.54, 1.807) is 24.8 Å². The molecule has 3 atom stereocenters. The summed E-state index contributed by atoms with van der Waals surface area (Å²) in [6, 6.07) is 23.5. The fourth-order valence-corrected chi connectivity index (χ4v) is 9.30. The normalized spacial score (nSPS) is 16.3. The van der Waals surface area contributed by atoms with E-state index in [0.29, 0.717) is 42.7 Å². The van der Waals surface area contributed by atoms with Crippen LogP contribution < -0.4 is 26.4 Å². The van der Waals surface area contributed by atoms with Crippen LogP contribution in [0.1, 0.15) is 70.9 Å². The van der Waals surface area contributed by atoms with Crippen molar-refractivity contribution in [2.24, 2.45) is 5.92 Å². The van der Waals surface area contributed by atoms with Crippen LogP contribution in [0.2, 0.25) is 0 Å². The lowest BCUT2D eigenvalue weighted by Gasteiger charge is -2.27. The summed E-state index contributed by atoms with van der Waals surface area (Å²) < 4.78 is 33.4. The number of imidazole rings is 1. The van der Waals surface area contributed by atoms with Crippen molar-refractivity contribution >= 4 is 51.7 Å². The highest BCUT2D eigenvalue weighted by Crippen LogP contribution is 2.34. The van der Waals surface area contributed by atoms with E-state index in [1.165, 1.54) is 16.3 Å². The van der Waals surface area contributed by atoms with Gasteiger partial charge in [0.05, 0.1) is 41.8 Å². The van der Waals surface area contributed by atoms with E-state index >= 15 is 0 Å². The first-order valence-electron chi connectivity index (χ1n) is 22.0. The molecule has 3 aromatic carbocycles. The summed E-state index contributed by atoms with van der Waals surface area (Å²) in [5.41, 5.74) is 11.4. The number of nitrogens with one attached hydrogen (secondary N) is 1. The average molecular weight is 912 g/mol. The molecular formula is C48H61N7O7S2. The van der Waals surface area contributed by atoms with Crippen LogP contribution in [0.5, 0.6) is 5.75 Å². The number of nitrogen functional groups attached to an aromatic ring is 1. The summed E-state index contributed by atoms with van der Waals surface area (Å²) >= 11 is 1.47. The van der Waals surface area contributed by atoms with Gasteiger partial charge in [-0.2, -0.15) is 4.98 Å². The number of aryl methyl sites for hydroxylation is 1. The van der Waals surface area contributed by atoms with E-state index in [1.807, 2.05) is 42.5 Å². The summed E-state index contributed by atoms with van der Waals surface area (Å²) in [4.78, 5) is 36.0. The number of nitrogens with two attached hydrogens (primary N) is 1. The average Bonchev–Trinajstić information content (AvgIpc) is 3.91. The van der Waals surface area contributed by atoms with Crippen LogP contribution in [0.4, 0.5) is 17.2 Å². The maximum absolute atomic E-state index is 13.7. The Hall–Kier alpha value is -5.26. The van der Waals surface area contributed by atoms with Crippen LogP contribution in [0.3, 0.4) is 0 Å². The largest absolute Gasteiger partial charge is 0.491 e. The second-order valence-electron chi connectivity index (χ2n) is 16.0. The minimum atomic E-state index is -1.21.